The van der Waals surface area contributed by atoms with E-state index in [1.54, 1.807) is 7.11 Å². The zero-order valence-electron chi connectivity index (χ0n) is 17.1. The monoisotopic (exact) mass is 392 g/mol. The fraction of sp³-hybridized carbons (Fsp3) is 0.409. The second kappa shape index (κ2) is 9.05. The van der Waals surface area contributed by atoms with Gasteiger partial charge in [0.05, 0.1) is 25.4 Å². The highest BCUT2D eigenvalue weighted by Gasteiger charge is 2.28. The molecule has 29 heavy (non-hydrogen) atoms. The Balaban J connectivity index is 1.46. The normalized spacial score (nSPS) is 16.0. The van der Waals surface area contributed by atoms with Gasteiger partial charge < -0.3 is 9.64 Å². The summed E-state index contributed by atoms with van der Waals surface area (Å²) in [6.45, 7) is 6.75. The van der Waals surface area contributed by atoms with Gasteiger partial charge in [-0.3, -0.25) is 4.90 Å². The third kappa shape index (κ3) is 4.24. The molecular formula is C22H28N6O. The molecule has 2 heterocycles. The molecule has 1 aliphatic heterocycles. The van der Waals surface area contributed by atoms with E-state index in [9.17, 15) is 0 Å². The maximum absolute atomic E-state index is 5.54. The molecule has 4 rings (SSSR count). The van der Waals surface area contributed by atoms with Crippen molar-refractivity contribution in [1.82, 2.24) is 25.1 Å². The van der Waals surface area contributed by atoms with Crippen molar-refractivity contribution in [1.29, 1.82) is 0 Å². The molecule has 1 fully saturated rings. The number of tetrazole rings is 1. The van der Waals surface area contributed by atoms with Gasteiger partial charge in [0.1, 0.15) is 5.75 Å². The van der Waals surface area contributed by atoms with Gasteiger partial charge in [-0.2, -0.15) is 0 Å². The number of nitrogens with zero attached hydrogens (tertiary/aromatic N) is 6. The fourth-order valence-electron chi connectivity index (χ4n) is 4.09. The van der Waals surface area contributed by atoms with Gasteiger partial charge in [0, 0.05) is 26.2 Å². The first kappa shape index (κ1) is 19.4. The highest BCUT2D eigenvalue weighted by molar-refractivity contribution is 5.58. The van der Waals surface area contributed by atoms with Gasteiger partial charge in [0.25, 0.3) is 0 Å². The highest BCUT2D eigenvalue weighted by atomic mass is 16.5. The van der Waals surface area contributed by atoms with E-state index in [1.807, 2.05) is 35.0 Å². The Morgan fingerprint density at radius 3 is 2.41 bits per heavy atom. The zero-order chi connectivity index (χ0) is 20.1. The lowest BCUT2D eigenvalue weighted by Crippen LogP contribution is -2.48. The first-order valence-electron chi connectivity index (χ1n) is 10.2. The maximum Gasteiger partial charge on any atom is 0.168 e. The first-order valence-corrected chi connectivity index (χ1v) is 10.2. The van der Waals surface area contributed by atoms with E-state index in [0.717, 1.165) is 49.9 Å². The van der Waals surface area contributed by atoms with Crippen molar-refractivity contribution < 1.29 is 4.74 Å². The Kier molecular flexibility index (Phi) is 6.05. The molecule has 0 spiro atoms. The van der Waals surface area contributed by atoms with Crippen LogP contribution in [0.25, 0.3) is 0 Å². The van der Waals surface area contributed by atoms with Gasteiger partial charge in [-0.1, -0.05) is 49.4 Å². The lowest BCUT2D eigenvalue weighted by Gasteiger charge is -2.39. The summed E-state index contributed by atoms with van der Waals surface area (Å²) in [6.07, 6.45) is 0.976. The van der Waals surface area contributed by atoms with Crippen molar-refractivity contribution in [2.75, 3.05) is 38.2 Å². The van der Waals surface area contributed by atoms with Crippen LogP contribution in [0, 0.1) is 0 Å². The molecule has 0 radical (unpaired) electrons. The van der Waals surface area contributed by atoms with Gasteiger partial charge in [0.2, 0.25) is 0 Å². The van der Waals surface area contributed by atoms with Crippen LogP contribution in [0.1, 0.15) is 30.8 Å². The second-order valence-electron chi connectivity index (χ2n) is 7.30. The summed E-state index contributed by atoms with van der Waals surface area (Å²) in [4.78, 5) is 4.90. The lowest BCUT2D eigenvalue weighted by atomic mass is 10.1. The smallest absolute Gasteiger partial charge is 0.168 e. The molecule has 0 saturated carbocycles. The predicted octanol–water partition coefficient (Wildman–Crippen LogP) is 3.00. The van der Waals surface area contributed by atoms with E-state index in [2.05, 4.69) is 56.5 Å². The number of hydrogen-bond donors (Lipinski definition) is 0. The number of rotatable bonds is 7. The van der Waals surface area contributed by atoms with Gasteiger partial charge in [0.15, 0.2) is 5.82 Å². The first-order chi connectivity index (χ1) is 14.3. The van der Waals surface area contributed by atoms with Crippen molar-refractivity contribution in [3.8, 4) is 5.75 Å². The predicted molar refractivity (Wildman–Crippen MR) is 113 cm³/mol. The summed E-state index contributed by atoms with van der Waals surface area (Å²) in [6, 6.07) is 18.8. The molecule has 0 bridgehead atoms. The summed E-state index contributed by atoms with van der Waals surface area (Å²) in [5.74, 6) is 1.88. The Morgan fingerprint density at radius 2 is 1.69 bits per heavy atom. The van der Waals surface area contributed by atoms with E-state index in [4.69, 9.17) is 4.74 Å². The van der Waals surface area contributed by atoms with Gasteiger partial charge in [-0.05, 0) is 34.5 Å². The summed E-state index contributed by atoms with van der Waals surface area (Å²) < 4.78 is 7.48. The average Bonchev–Trinajstić information content (AvgIpc) is 3.23. The number of para-hydroxylation sites is 2. The fourth-order valence-corrected chi connectivity index (χ4v) is 4.09. The van der Waals surface area contributed by atoms with E-state index in [0.29, 0.717) is 6.54 Å². The minimum Gasteiger partial charge on any atom is -0.495 e. The van der Waals surface area contributed by atoms with Crippen molar-refractivity contribution in [2.45, 2.75) is 25.9 Å². The molecule has 0 amide bonds. The van der Waals surface area contributed by atoms with Crippen molar-refractivity contribution in [3.63, 3.8) is 0 Å². The molecule has 1 unspecified atom stereocenters. The third-order valence-corrected chi connectivity index (χ3v) is 5.60. The van der Waals surface area contributed by atoms with E-state index in [1.165, 1.54) is 5.56 Å². The van der Waals surface area contributed by atoms with Crippen molar-refractivity contribution >= 4 is 5.69 Å². The molecule has 1 aromatic heterocycles. The molecule has 3 aromatic rings. The van der Waals surface area contributed by atoms with Crippen LogP contribution in [-0.4, -0.2) is 58.4 Å². The van der Waals surface area contributed by atoms with Crippen LogP contribution in [0.2, 0.25) is 0 Å². The topological polar surface area (TPSA) is 59.3 Å². The molecule has 1 atom stereocenters. The van der Waals surface area contributed by atoms with E-state index >= 15 is 0 Å². The maximum atomic E-state index is 5.54. The van der Waals surface area contributed by atoms with Crippen LogP contribution in [0.15, 0.2) is 54.6 Å². The second-order valence-corrected chi connectivity index (χ2v) is 7.30. The van der Waals surface area contributed by atoms with Crippen LogP contribution in [0.4, 0.5) is 5.69 Å². The van der Waals surface area contributed by atoms with Crippen LogP contribution >= 0.6 is 0 Å². The zero-order valence-corrected chi connectivity index (χ0v) is 17.1. The molecule has 7 heteroatoms. The highest BCUT2D eigenvalue weighted by Crippen LogP contribution is 2.30. The molecule has 7 nitrogen and oxygen atoms in total. The third-order valence-electron chi connectivity index (χ3n) is 5.60. The number of anilines is 1. The summed E-state index contributed by atoms with van der Waals surface area (Å²) >= 11 is 0. The molecule has 0 aliphatic carbocycles. The largest absolute Gasteiger partial charge is 0.495 e. The SMILES string of the molecule is CCC(c1nnnn1Cc1ccccc1)N1CCN(c2ccccc2OC)CC1. The van der Waals surface area contributed by atoms with Crippen molar-refractivity contribution in [3.05, 3.63) is 66.0 Å². The quantitative estimate of drug-likeness (QED) is 0.616. The number of hydrogen-bond acceptors (Lipinski definition) is 6. The molecule has 2 aromatic carbocycles. The Bertz CT molecular complexity index is 904. The van der Waals surface area contributed by atoms with Gasteiger partial charge in [-0.15, -0.1) is 5.10 Å². The summed E-state index contributed by atoms with van der Waals surface area (Å²) in [5.41, 5.74) is 2.37. The van der Waals surface area contributed by atoms with Crippen LogP contribution in [-0.2, 0) is 6.54 Å². The van der Waals surface area contributed by atoms with Crippen molar-refractivity contribution in [2.24, 2.45) is 0 Å². The van der Waals surface area contributed by atoms with Gasteiger partial charge >= 0.3 is 0 Å². The van der Waals surface area contributed by atoms with E-state index < -0.39 is 0 Å². The number of piperazine rings is 1. The standard InChI is InChI=1S/C22H28N6O/c1-3-19(22-23-24-25-28(22)17-18-9-5-4-6-10-18)26-13-15-27(16-14-26)20-11-7-8-12-21(20)29-2/h4-12,19H,3,13-17H2,1-2H3. The minimum absolute atomic E-state index is 0.216. The number of benzene rings is 2. The molecule has 152 valence electrons. The lowest BCUT2D eigenvalue weighted by molar-refractivity contribution is 0.169. The van der Waals surface area contributed by atoms with Crippen LogP contribution in [0.3, 0.4) is 0 Å². The summed E-state index contributed by atoms with van der Waals surface area (Å²) in [5, 5.41) is 12.6. The summed E-state index contributed by atoms with van der Waals surface area (Å²) in [7, 11) is 1.73. The number of methoxy groups -OCH3 is 1. The van der Waals surface area contributed by atoms with Crippen LogP contribution in [0.5, 0.6) is 5.75 Å². The minimum atomic E-state index is 0.216. The Labute approximate surface area is 171 Å². The molecule has 1 aliphatic rings. The average molecular weight is 393 g/mol. The van der Waals surface area contributed by atoms with E-state index in [-0.39, 0.29) is 6.04 Å². The number of aromatic nitrogens is 4. The molecule has 0 N–H and O–H groups in total. The molecule has 1 saturated heterocycles. The van der Waals surface area contributed by atoms with Crippen LogP contribution < -0.4 is 9.64 Å². The Morgan fingerprint density at radius 1 is 0.966 bits per heavy atom. The van der Waals surface area contributed by atoms with Gasteiger partial charge in [-0.25, -0.2) is 4.68 Å². The Hall–Kier alpha value is -2.93. The molecular weight excluding hydrogens is 364 g/mol. The number of ether oxygens (including phenoxy) is 1.